The Morgan fingerprint density at radius 3 is 2.66 bits per heavy atom. The minimum atomic E-state index is -0.666. The molecule has 4 rings (SSSR count). The summed E-state index contributed by atoms with van der Waals surface area (Å²) in [5, 5.41) is 6.86. The predicted octanol–water partition coefficient (Wildman–Crippen LogP) is 3.30. The molecule has 29 heavy (non-hydrogen) atoms. The third kappa shape index (κ3) is 3.74. The van der Waals surface area contributed by atoms with Crippen LogP contribution in [0.25, 0.3) is 16.9 Å². The number of aromatic nitrogens is 4. The summed E-state index contributed by atoms with van der Waals surface area (Å²) in [6.07, 6.45) is 0. The normalized spacial score (nSPS) is 11.0. The summed E-state index contributed by atoms with van der Waals surface area (Å²) in [6, 6.07) is 15.1. The average molecular weight is 412 g/mol. The van der Waals surface area contributed by atoms with Crippen LogP contribution in [0.5, 0.6) is 0 Å². The number of rotatable bonds is 4. The Bertz CT molecular complexity index is 1280. The molecule has 0 spiro atoms. The first-order valence-electron chi connectivity index (χ1n) is 8.70. The lowest BCUT2D eigenvalue weighted by molar-refractivity contribution is -0.117. The van der Waals surface area contributed by atoms with Crippen LogP contribution in [-0.2, 0) is 11.3 Å². The first-order valence-corrected chi connectivity index (χ1v) is 9.08. The SMILES string of the molecule is Cc1nc(-c2ccccc2)cc2nn(CC(=O)Nc3ccc(Cl)cc3F)c(=O)n12. The summed E-state index contributed by atoms with van der Waals surface area (Å²) in [5.41, 5.74) is 1.39. The van der Waals surface area contributed by atoms with Crippen molar-refractivity contribution in [3.8, 4) is 11.3 Å². The van der Waals surface area contributed by atoms with Gasteiger partial charge >= 0.3 is 5.69 Å². The maximum Gasteiger partial charge on any atom is 0.352 e. The fraction of sp³-hybridized carbons (Fsp3) is 0.100. The zero-order valence-electron chi connectivity index (χ0n) is 15.3. The van der Waals surface area contributed by atoms with Crippen LogP contribution in [0, 0.1) is 12.7 Å². The number of amides is 1. The fourth-order valence-electron chi connectivity index (χ4n) is 2.98. The summed E-state index contributed by atoms with van der Waals surface area (Å²) >= 11 is 5.70. The van der Waals surface area contributed by atoms with E-state index >= 15 is 0 Å². The van der Waals surface area contributed by atoms with Crippen molar-refractivity contribution in [3.63, 3.8) is 0 Å². The number of nitrogens with one attached hydrogen (secondary N) is 1. The van der Waals surface area contributed by atoms with Crippen LogP contribution in [0.3, 0.4) is 0 Å². The van der Waals surface area contributed by atoms with Gasteiger partial charge in [0, 0.05) is 16.7 Å². The van der Waals surface area contributed by atoms with Gasteiger partial charge in [-0.25, -0.2) is 23.3 Å². The first kappa shape index (κ1) is 18.8. The molecule has 9 heteroatoms. The summed E-state index contributed by atoms with van der Waals surface area (Å²) in [6.45, 7) is 1.32. The summed E-state index contributed by atoms with van der Waals surface area (Å²) in [7, 11) is 0. The van der Waals surface area contributed by atoms with Gasteiger partial charge in [-0.15, -0.1) is 5.10 Å². The van der Waals surface area contributed by atoms with Gasteiger partial charge in [0.15, 0.2) is 5.65 Å². The predicted molar refractivity (Wildman–Crippen MR) is 107 cm³/mol. The number of carbonyl (C=O) groups excluding carboxylic acids is 1. The van der Waals surface area contributed by atoms with E-state index in [4.69, 9.17) is 11.6 Å². The Hall–Kier alpha value is -3.52. The van der Waals surface area contributed by atoms with Crippen molar-refractivity contribution in [1.29, 1.82) is 0 Å². The summed E-state index contributed by atoms with van der Waals surface area (Å²) in [5.74, 6) is -0.812. The molecule has 0 atom stereocenters. The van der Waals surface area contributed by atoms with E-state index < -0.39 is 17.4 Å². The van der Waals surface area contributed by atoms with Gasteiger partial charge in [-0.1, -0.05) is 41.9 Å². The van der Waals surface area contributed by atoms with E-state index in [-0.39, 0.29) is 17.3 Å². The van der Waals surface area contributed by atoms with Crippen molar-refractivity contribution in [2.24, 2.45) is 0 Å². The smallest absolute Gasteiger partial charge is 0.322 e. The number of nitrogens with zero attached hydrogens (tertiary/aromatic N) is 4. The second-order valence-electron chi connectivity index (χ2n) is 6.36. The van der Waals surface area contributed by atoms with Crippen molar-refractivity contribution < 1.29 is 9.18 Å². The lowest BCUT2D eigenvalue weighted by Crippen LogP contribution is -2.29. The van der Waals surface area contributed by atoms with Crippen LogP contribution in [0.4, 0.5) is 10.1 Å². The Morgan fingerprint density at radius 1 is 1.17 bits per heavy atom. The number of halogens is 2. The molecule has 146 valence electrons. The van der Waals surface area contributed by atoms with Crippen LogP contribution >= 0.6 is 11.6 Å². The topological polar surface area (TPSA) is 81.3 Å². The molecule has 2 heterocycles. The quantitative estimate of drug-likeness (QED) is 0.558. The van der Waals surface area contributed by atoms with Crippen molar-refractivity contribution >= 4 is 28.8 Å². The molecule has 4 aromatic rings. The third-order valence-electron chi connectivity index (χ3n) is 4.30. The van der Waals surface area contributed by atoms with Crippen molar-refractivity contribution in [1.82, 2.24) is 19.2 Å². The molecule has 7 nitrogen and oxygen atoms in total. The van der Waals surface area contributed by atoms with Crippen LogP contribution in [0.2, 0.25) is 5.02 Å². The maximum absolute atomic E-state index is 13.9. The molecule has 0 saturated heterocycles. The summed E-state index contributed by atoms with van der Waals surface area (Å²) in [4.78, 5) is 29.4. The van der Waals surface area contributed by atoms with E-state index in [0.29, 0.717) is 17.2 Å². The lowest BCUT2D eigenvalue weighted by atomic mass is 10.1. The van der Waals surface area contributed by atoms with Gasteiger partial charge < -0.3 is 5.32 Å². The second-order valence-corrected chi connectivity index (χ2v) is 6.80. The van der Waals surface area contributed by atoms with Crippen LogP contribution in [-0.4, -0.2) is 25.1 Å². The van der Waals surface area contributed by atoms with Gasteiger partial charge in [0.25, 0.3) is 0 Å². The number of anilines is 1. The highest BCUT2D eigenvalue weighted by Crippen LogP contribution is 2.19. The van der Waals surface area contributed by atoms with E-state index in [1.54, 1.807) is 13.0 Å². The minimum absolute atomic E-state index is 0.0274. The van der Waals surface area contributed by atoms with Crippen LogP contribution < -0.4 is 11.0 Å². The molecule has 0 aliphatic heterocycles. The molecule has 0 fully saturated rings. The molecular formula is C20H15ClFN5O2. The van der Waals surface area contributed by atoms with E-state index in [2.05, 4.69) is 15.4 Å². The number of benzene rings is 2. The first-order chi connectivity index (χ1) is 13.9. The van der Waals surface area contributed by atoms with Gasteiger partial charge in [-0.05, 0) is 25.1 Å². The van der Waals surface area contributed by atoms with Crippen molar-refractivity contribution in [2.75, 3.05) is 5.32 Å². The van der Waals surface area contributed by atoms with Crippen molar-refractivity contribution in [3.05, 3.63) is 81.7 Å². The molecule has 2 aromatic carbocycles. The Labute approximate surface area is 169 Å². The van der Waals surface area contributed by atoms with Gasteiger partial charge in [-0.3, -0.25) is 4.79 Å². The highest BCUT2D eigenvalue weighted by Gasteiger charge is 2.15. The molecule has 1 N–H and O–H groups in total. The zero-order valence-corrected chi connectivity index (χ0v) is 16.0. The largest absolute Gasteiger partial charge is 0.352 e. The van der Waals surface area contributed by atoms with Crippen molar-refractivity contribution in [2.45, 2.75) is 13.5 Å². The van der Waals surface area contributed by atoms with E-state index in [1.807, 2.05) is 30.3 Å². The monoisotopic (exact) mass is 411 g/mol. The zero-order chi connectivity index (χ0) is 20.5. The molecule has 0 aliphatic rings. The number of aryl methyl sites for hydroxylation is 1. The summed E-state index contributed by atoms with van der Waals surface area (Å²) < 4.78 is 16.2. The number of fused-ring (bicyclic) bond motifs is 1. The number of hydrogen-bond acceptors (Lipinski definition) is 4. The highest BCUT2D eigenvalue weighted by molar-refractivity contribution is 6.30. The minimum Gasteiger partial charge on any atom is -0.322 e. The van der Waals surface area contributed by atoms with Gasteiger partial charge in [0.2, 0.25) is 5.91 Å². The molecule has 0 bridgehead atoms. The van der Waals surface area contributed by atoms with E-state index in [9.17, 15) is 14.0 Å². The molecule has 1 amide bonds. The highest BCUT2D eigenvalue weighted by atomic mass is 35.5. The maximum atomic E-state index is 13.9. The molecule has 0 radical (unpaired) electrons. The standard InChI is InChI=1S/C20H15ClFN5O2/c1-12-23-17(13-5-3-2-4-6-13)10-18-25-26(20(29)27(12)18)11-19(28)24-16-8-7-14(21)9-15(16)22/h2-10H,11H2,1H3,(H,24,28). The Morgan fingerprint density at radius 2 is 1.93 bits per heavy atom. The molecular weight excluding hydrogens is 397 g/mol. The third-order valence-corrected chi connectivity index (χ3v) is 4.54. The van der Waals surface area contributed by atoms with E-state index in [0.717, 1.165) is 16.3 Å². The van der Waals surface area contributed by atoms with Crippen LogP contribution in [0.1, 0.15) is 5.82 Å². The second kappa shape index (κ2) is 7.48. The van der Waals surface area contributed by atoms with Crippen LogP contribution in [0.15, 0.2) is 59.4 Å². The lowest BCUT2D eigenvalue weighted by Gasteiger charge is -2.06. The molecule has 0 saturated carbocycles. The van der Waals surface area contributed by atoms with Gasteiger partial charge in [0.1, 0.15) is 18.2 Å². The van der Waals surface area contributed by atoms with E-state index in [1.165, 1.54) is 16.5 Å². The average Bonchev–Trinajstić information content (AvgIpc) is 3.00. The van der Waals surface area contributed by atoms with Gasteiger partial charge in [0.05, 0.1) is 11.4 Å². The number of hydrogen-bond donors (Lipinski definition) is 1. The molecule has 2 aromatic heterocycles. The van der Waals surface area contributed by atoms with Gasteiger partial charge in [-0.2, -0.15) is 0 Å². The molecule has 0 aliphatic carbocycles. The Kier molecular flexibility index (Phi) is 4.85. The molecule has 0 unspecified atom stereocenters. The Balaban J connectivity index is 1.64. The number of carbonyl (C=O) groups is 1. The fourth-order valence-corrected chi connectivity index (χ4v) is 3.14.